The third-order valence-corrected chi connectivity index (χ3v) is 4.83. The number of hydrogen-bond donors (Lipinski definition) is 1. The fraction of sp³-hybridized carbons (Fsp3) is 0.421. The number of amides is 1. The molecular weight excluding hydrogens is 318 g/mol. The van der Waals surface area contributed by atoms with Crippen LogP contribution in [0, 0.1) is 12.8 Å². The standard InChI is InChI=1S/C19H23N3O3/c1-14-6-9-20-22(14)11-8-18(23)21-10-7-16(13-21)12-15-2-4-17(5-3-15)19(24)25/h2-6,9,16H,7-8,10-13H2,1H3,(H,24,25)/t16-/m0/s1. The van der Waals surface area contributed by atoms with E-state index >= 15 is 0 Å². The minimum absolute atomic E-state index is 0.179. The molecule has 0 saturated carbocycles. The van der Waals surface area contributed by atoms with E-state index in [2.05, 4.69) is 5.10 Å². The molecule has 132 valence electrons. The molecule has 2 aromatic rings. The minimum atomic E-state index is -0.906. The van der Waals surface area contributed by atoms with Crippen molar-refractivity contribution >= 4 is 11.9 Å². The molecule has 0 radical (unpaired) electrons. The predicted molar refractivity (Wildman–Crippen MR) is 93.4 cm³/mol. The molecule has 1 aromatic heterocycles. The fourth-order valence-electron chi connectivity index (χ4n) is 3.34. The lowest BCUT2D eigenvalue weighted by Gasteiger charge is -2.17. The molecule has 1 amide bonds. The largest absolute Gasteiger partial charge is 0.478 e. The summed E-state index contributed by atoms with van der Waals surface area (Å²) < 4.78 is 1.86. The van der Waals surface area contributed by atoms with Crippen molar-refractivity contribution in [2.45, 2.75) is 32.7 Å². The number of benzene rings is 1. The smallest absolute Gasteiger partial charge is 0.335 e. The van der Waals surface area contributed by atoms with Gasteiger partial charge in [0.05, 0.1) is 5.56 Å². The van der Waals surface area contributed by atoms with Gasteiger partial charge in [-0.3, -0.25) is 9.48 Å². The van der Waals surface area contributed by atoms with Gasteiger partial charge in [-0.1, -0.05) is 12.1 Å². The summed E-state index contributed by atoms with van der Waals surface area (Å²) >= 11 is 0. The molecule has 25 heavy (non-hydrogen) atoms. The van der Waals surface area contributed by atoms with Gasteiger partial charge < -0.3 is 10.0 Å². The minimum Gasteiger partial charge on any atom is -0.478 e. The zero-order valence-corrected chi connectivity index (χ0v) is 14.4. The second kappa shape index (κ2) is 7.51. The first-order valence-electron chi connectivity index (χ1n) is 8.61. The number of carbonyl (C=O) groups is 2. The van der Waals surface area contributed by atoms with Gasteiger partial charge in [0.1, 0.15) is 0 Å². The number of carboxylic acids is 1. The highest BCUT2D eigenvalue weighted by molar-refractivity contribution is 5.87. The summed E-state index contributed by atoms with van der Waals surface area (Å²) in [6.45, 7) is 4.18. The Labute approximate surface area is 147 Å². The van der Waals surface area contributed by atoms with Gasteiger partial charge >= 0.3 is 5.97 Å². The molecule has 1 aromatic carbocycles. The van der Waals surface area contributed by atoms with E-state index in [1.54, 1.807) is 18.3 Å². The molecule has 6 heteroatoms. The second-order valence-corrected chi connectivity index (χ2v) is 6.65. The topological polar surface area (TPSA) is 75.4 Å². The van der Waals surface area contributed by atoms with Gasteiger partial charge in [-0.2, -0.15) is 5.10 Å². The number of carboxylic acid groups (broad SMARTS) is 1. The van der Waals surface area contributed by atoms with Crippen molar-refractivity contribution in [3.63, 3.8) is 0 Å². The van der Waals surface area contributed by atoms with E-state index in [-0.39, 0.29) is 5.91 Å². The number of aromatic nitrogens is 2. The third kappa shape index (κ3) is 4.26. The van der Waals surface area contributed by atoms with Crippen LogP contribution in [-0.2, 0) is 17.8 Å². The van der Waals surface area contributed by atoms with Gasteiger partial charge in [0.15, 0.2) is 0 Å². The van der Waals surface area contributed by atoms with Crippen LogP contribution in [0.4, 0.5) is 0 Å². The van der Waals surface area contributed by atoms with Crippen LogP contribution in [0.2, 0.25) is 0 Å². The number of hydrogen-bond acceptors (Lipinski definition) is 3. The van der Waals surface area contributed by atoms with Crippen LogP contribution < -0.4 is 0 Å². The molecule has 1 atom stereocenters. The van der Waals surface area contributed by atoms with Crippen LogP contribution >= 0.6 is 0 Å². The van der Waals surface area contributed by atoms with Crippen molar-refractivity contribution in [3.8, 4) is 0 Å². The zero-order valence-electron chi connectivity index (χ0n) is 14.4. The van der Waals surface area contributed by atoms with Crippen molar-refractivity contribution < 1.29 is 14.7 Å². The van der Waals surface area contributed by atoms with E-state index in [9.17, 15) is 9.59 Å². The Morgan fingerprint density at radius 1 is 1.24 bits per heavy atom. The maximum absolute atomic E-state index is 12.4. The van der Waals surface area contributed by atoms with Gasteiger partial charge in [-0.25, -0.2) is 4.79 Å². The van der Waals surface area contributed by atoms with Crippen LogP contribution in [-0.4, -0.2) is 44.8 Å². The van der Waals surface area contributed by atoms with Crippen molar-refractivity contribution in [1.29, 1.82) is 0 Å². The molecule has 0 spiro atoms. The van der Waals surface area contributed by atoms with Gasteiger partial charge in [0.25, 0.3) is 0 Å². The number of carbonyl (C=O) groups excluding carboxylic acids is 1. The van der Waals surface area contributed by atoms with Crippen LogP contribution in [0.3, 0.4) is 0 Å². The quantitative estimate of drug-likeness (QED) is 0.875. The van der Waals surface area contributed by atoms with E-state index in [4.69, 9.17) is 5.11 Å². The van der Waals surface area contributed by atoms with Crippen molar-refractivity contribution in [2.24, 2.45) is 5.92 Å². The average molecular weight is 341 g/mol. The average Bonchev–Trinajstić information content (AvgIpc) is 3.22. The Morgan fingerprint density at radius 2 is 2.00 bits per heavy atom. The summed E-state index contributed by atoms with van der Waals surface area (Å²) in [6, 6.07) is 8.96. The molecule has 6 nitrogen and oxygen atoms in total. The monoisotopic (exact) mass is 341 g/mol. The van der Waals surface area contributed by atoms with Gasteiger partial charge in [0, 0.05) is 37.9 Å². The highest BCUT2D eigenvalue weighted by atomic mass is 16.4. The Hall–Kier alpha value is -2.63. The Balaban J connectivity index is 1.48. The number of likely N-dealkylation sites (tertiary alicyclic amines) is 1. The summed E-state index contributed by atoms with van der Waals surface area (Å²) in [6.07, 6.45) is 4.10. The first-order chi connectivity index (χ1) is 12.0. The predicted octanol–water partition coefficient (Wildman–Crippen LogP) is 2.37. The first-order valence-corrected chi connectivity index (χ1v) is 8.61. The fourth-order valence-corrected chi connectivity index (χ4v) is 3.34. The lowest BCUT2D eigenvalue weighted by molar-refractivity contribution is -0.130. The van der Waals surface area contributed by atoms with E-state index < -0.39 is 5.97 Å². The highest BCUT2D eigenvalue weighted by Crippen LogP contribution is 2.22. The number of aryl methyl sites for hydroxylation is 2. The summed E-state index contributed by atoms with van der Waals surface area (Å²) in [5.41, 5.74) is 2.49. The van der Waals surface area contributed by atoms with Gasteiger partial charge in [-0.05, 0) is 49.4 Å². The lowest BCUT2D eigenvalue weighted by Crippen LogP contribution is -2.29. The maximum atomic E-state index is 12.4. The Morgan fingerprint density at radius 3 is 2.64 bits per heavy atom. The number of nitrogens with zero attached hydrogens (tertiary/aromatic N) is 3. The molecule has 2 heterocycles. The first kappa shape index (κ1) is 17.2. The second-order valence-electron chi connectivity index (χ2n) is 6.65. The summed E-state index contributed by atoms with van der Waals surface area (Å²) in [7, 11) is 0. The van der Waals surface area contributed by atoms with Crippen molar-refractivity contribution in [3.05, 3.63) is 53.3 Å². The van der Waals surface area contributed by atoms with E-state index in [1.165, 1.54) is 0 Å². The Bertz CT molecular complexity index is 752. The van der Waals surface area contributed by atoms with Crippen LogP contribution in [0.5, 0.6) is 0 Å². The molecule has 1 fully saturated rings. The molecule has 1 N–H and O–H groups in total. The lowest BCUT2D eigenvalue weighted by atomic mass is 9.98. The zero-order chi connectivity index (χ0) is 17.8. The van der Waals surface area contributed by atoms with E-state index in [0.717, 1.165) is 37.2 Å². The molecule has 0 unspecified atom stereocenters. The molecular formula is C19H23N3O3. The summed E-state index contributed by atoms with van der Waals surface area (Å²) in [4.78, 5) is 25.2. The maximum Gasteiger partial charge on any atom is 0.335 e. The highest BCUT2D eigenvalue weighted by Gasteiger charge is 2.26. The van der Waals surface area contributed by atoms with Gasteiger partial charge in [-0.15, -0.1) is 0 Å². The van der Waals surface area contributed by atoms with Crippen molar-refractivity contribution in [1.82, 2.24) is 14.7 Å². The van der Waals surface area contributed by atoms with Crippen LogP contribution in [0.1, 0.15) is 34.5 Å². The molecule has 3 rings (SSSR count). The summed E-state index contributed by atoms with van der Waals surface area (Å²) in [5.74, 6) is -0.290. The molecule has 1 aliphatic heterocycles. The number of rotatable bonds is 6. The SMILES string of the molecule is Cc1ccnn1CCC(=O)N1CC[C@@H](Cc2ccc(C(=O)O)cc2)C1. The van der Waals surface area contributed by atoms with Gasteiger partial charge in [0.2, 0.25) is 5.91 Å². The normalized spacial score (nSPS) is 17.0. The molecule has 1 saturated heterocycles. The molecule has 0 aliphatic carbocycles. The van der Waals surface area contributed by atoms with E-state index in [0.29, 0.717) is 24.4 Å². The van der Waals surface area contributed by atoms with Crippen molar-refractivity contribution in [2.75, 3.05) is 13.1 Å². The number of aromatic carboxylic acids is 1. The van der Waals surface area contributed by atoms with E-state index in [1.807, 2.05) is 34.7 Å². The Kier molecular flexibility index (Phi) is 5.16. The molecule has 1 aliphatic rings. The third-order valence-electron chi connectivity index (χ3n) is 4.83. The molecule has 0 bridgehead atoms. The summed E-state index contributed by atoms with van der Waals surface area (Å²) in [5, 5.41) is 13.2. The van der Waals surface area contributed by atoms with Crippen LogP contribution in [0.15, 0.2) is 36.5 Å². The van der Waals surface area contributed by atoms with Crippen LogP contribution in [0.25, 0.3) is 0 Å².